The molecule has 126 valence electrons. The number of carbonyl (C=O) groups is 1. The average molecular weight is 367 g/mol. The first-order valence-electron chi connectivity index (χ1n) is 7.50. The Labute approximate surface area is 149 Å². The van der Waals surface area contributed by atoms with E-state index < -0.39 is 0 Å². The Bertz CT molecular complexity index is 753. The number of rotatable bonds is 5. The fourth-order valence-corrected chi connectivity index (χ4v) is 2.57. The number of benzene rings is 2. The molecule has 2 N–H and O–H groups in total. The number of amides is 1. The van der Waals surface area contributed by atoms with Crippen LogP contribution in [-0.2, 0) is 4.79 Å². The minimum Gasteiger partial charge on any atom is -0.486 e. The lowest BCUT2D eigenvalue weighted by molar-refractivity contribution is -0.115. The van der Waals surface area contributed by atoms with Crippen molar-refractivity contribution in [3.63, 3.8) is 0 Å². The number of carbonyl (C=O) groups excluding carboxylic acids is 1. The molecule has 1 heterocycles. The molecular formula is C17H16Cl2N2O3. The van der Waals surface area contributed by atoms with Gasteiger partial charge < -0.3 is 20.1 Å². The summed E-state index contributed by atoms with van der Waals surface area (Å²) in [4.78, 5) is 12.0. The van der Waals surface area contributed by atoms with Gasteiger partial charge in [-0.15, -0.1) is 0 Å². The fraction of sp³-hybridized carbons (Fsp3) is 0.235. The summed E-state index contributed by atoms with van der Waals surface area (Å²) in [6.45, 7) is 1.60. The van der Waals surface area contributed by atoms with E-state index in [2.05, 4.69) is 10.6 Å². The maximum Gasteiger partial charge on any atom is 0.226 e. The number of nitrogens with one attached hydrogen (secondary N) is 2. The van der Waals surface area contributed by atoms with Gasteiger partial charge in [-0.25, -0.2) is 0 Å². The third kappa shape index (κ3) is 4.24. The van der Waals surface area contributed by atoms with Gasteiger partial charge in [0.15, 0.2) is 11.5 Å². The third-order valence-electron chi connectivity index (χ3n) is 3.43. The van der Waals surface area contributed by atoms with E-state index in [1.54, 1.807) is 18.2 Å². The van der Waals surface area contributed by atoms with E-state index in [-0.39, 0.29) is 5.91 Å². The standard InChI is InChI=1S/C17H16Cl2N2O3/c18-13-3-1-12(9-14(13)19)21-17(22)5-6-20-11-2-4-15-16(10-11)24-8-7-23-15/h1-4,9-10,20H,5-8H2,(H,21,22). The Kier molecular flexibility index (Phi) is 5.33. The molecule has 0 aliphatic carbocycles. The second kappa shape index (κ2) is 7.64. The molecule has 0 unspecified atom stereocenters. The number of halogens is 2. The molecule has 0 saturated carbocycles. The van der Waals surface area contributed by atoms with E-state index >= 15 is 0 Å². The van der Waals surface area contributed by atoms with Crippen LogP contribution in [0.1, 0.15) is 6.42 Å². The van der Waals surface area contributed by atoms with E-state index in [4.69, 9.17) is 32.7 Å². The highest BCUT2D eigenvalue weighted by Crippen LogP contribution is 2.32. The fourth-order valence-electron chi connectivity index (χ4n) is 2.27. The van der Waals surface area contributed by atoms with Gasteiger partial charge in [-0.05, 0) is 30.3 Å². The summed E-state index contributed by atoms with van der Waals surface area (Å²) in [5, 5.41) is 6.83. The van der Waals surface area contributed by atoms with Crippen molar-refractivity contribution in [1.82, 2.24) is 0 Å². The van der Waals surface area contributed by atoms with Crippen LogP contribution in [0.4, 0.5) is 11.4 Å². The number of anilines is 2. The molecule has 0 bridgehead atoms. The molecule has 3 rings (SSSR count). The molecule has 0 atom stereocenters. The monoisotopic (exact) mass is 366 g/mol. The van der Waals surface area contributed by atoms with Gasteiger partial charge in [-0.2, -0.15) is 0 Å². The number of ether oxygens (including phenoxy) is 2. The van der Waals surface area contributed by atoms with Crippen molar-refractivity contribution < 1.29 is 14.3 Å². The van der Waals surface area contributed by atoms with Crippen molar-refractivity contribution in [3.8, 4) is 11.5 Å². The summed E-state index contributed by atoms with van der Waals surface area (Å²) in [7, 11) is 0. The molecule has 0 radical (unpaired) electrons. The highest BCUT2D eigenvalue weighted by molar-refractivity contribution is 6.42. The lowest BCUT2D eigenvalue weighted by atomic mass is 10.2. The molecule has 2 aromatic carbocycles. The second-order valence-corrected chi connectivity index (χ2v) is 6.03. The maximum atomic E-state index is 12.0. The molecular weight excluding hydrogens is 351 g/mol. The van der Waals surface area contributed by atoms with Crippen molar-refractivity contribution >= 4 is 40.5 Å². The Morgan fingerprint density at radius 3 is 2.50 bits per heavy atom. The molecule has 7 heteroatoms. The first kappa shape index (κ1) is 16.7. The third-order valence-corrected chi connectivity index (χ3v) is 4.17. The van der Waals surface area contributed by atoms with Gasteiger partial charge in [0, 0.05) is 30.4 Å². The number of hydrogen-bond acceptors (Lipinski definition) is 4. The number of fused-ring (bicyclic) bond motifs is 1. The predicted molar refractivity (Wildman–Crippen MR) is 95.6 cm³/mol. The van der Waals surface area contributed by atoms with Crippen LogP contribution in [0.3, 0.4) is 0 Å². The zero-order valence-electron chi connectivity index (χ0n) is 12.8. The Morgan fingerprint density at radius 2 is 1.71 bits per heavy atom. The summed E-state index contributed by atoms with van der Waals surface area (Å²) in [5.74, 6) is 1.34. The van der Waals surface area contributed by atoms with Gasteiger partial charge in [-0.1, -0.05) is 23.2 Å². The van der Waals surface area contributed by atoms with Crippen LogP contribution >= 0.6 is 23.2 Å². The highest BCUT2D eigenvalue weighted by Gasteiger charge is 2.11. The van der Waals surface area contributed by atoms with E-state index in [0.29, 0.717) is 47.7 Å². The van der Waals surface area contributed by atoms with Crippen LogP contribution in [0.2, 0.25) is 10.0 Å². The van der Waals surface area contributed by atoms with Crippen LogP contribution in [-0.4, -0.2) is 25.7 Å². The molecule has 1 aliphatic rings. The molecule has 0 saturated heterocycles. The minimum atomic E-state index is -0.113. The summed E-state index contributed by atoms with van der Waals surface area (Å²) in [6, 6.07) is 10.6. The molecule has 1 aliphatic heterocycles. The van der Waals surface area contributed by atoms with Gasteiger partial charge in [0.2, 0.25) is 5.91 Å². The molecule has 0 fully saturated rings. The molecule has 2 aromatic rings. The van der Waals surface area contributed by atoms with E-state index in [9.17, 15) is 4.79 Å². The summed E-state index contributed by atoms with van der Waals surface area (Å²) >= 11 is 11.8. The van der Waals surface area contributed by atoms with Crippen molar-refractivity contribution in [2.45, 2.75) is 6.42 Å². The van der Waals surface area contributed by atoms with Crippen molar-refractivity contribution in [2.24, 2.45) is 0 Å². The largest absolute Gasteiger partial charge is 0.486 e. The smallest absolute Gasteiger partial charge is 0.226 e. The lowest BCUT2D eigenvalue weighted by Gasteiger charge is -2.19. The molecule has 5 nitrogen and oxygen atoms in total. The Hall–Kier alpha value is -2.11. The van der Waals surface area contributed by atoms with Crippen LogP contribution in [0.5, 0.6) is 11.5 Å². The Balaban J connectivity index is 1.49. The molecule has 0 aromatic heterocycles. The Morgan fingerprint density at radius 1 is 0.958 bits per heavy atom. The summed E-state index contributed by atoms with van der Waals surface area (Å²) in [5.41, 5.74) is 1.50. The first-order chi connectivity index (χ1) is 11.6. The van der Waals surface area contributed by atoms with Gasteiger partial charge in [0.05, 0.1) is 10.0 Å². The summed E-state index contributed by atoms with van der Waals surface area (Å²) < 4.78 is 11.0. The van der Waals surface area contributed by atoms with Crippen molar-refractivity contribution in [3.05, 3.63) is 46.4 Å². The average Bonchev–Trinajstić information content (AvgIpc) is 2.58. The van der Waals surface area contributed by atoms with Crippen molar-refractivity contribution in [2.75, 3.05) is 30.4 Å². The van der Waals surface area contributed by atoms with Crippen LogP contribution < -0.4 is 20.1 Å². The zero-order chi connectivity index (χ0) is 16.9. The van der Waals surface area contributed by atoms with E-state index in [1.807, 2.05) is 18.2 Å². The maximum absolute atomic E-state index is 12.0. The number of hydrogen-bond donors (Lipinski definition) is 2. The van der Waals surface area contributed by atoms with Gasteiger partial charge >= 0.3 is 0 Å². The van der Waals surface area contributed by atoms with E-state index in [1.165, 1.54) is 0 Å². The summed E-state index contributed by atoms with van der Waals surface area (Å²) in [6.07, 6.45) is 0.314. The first-order valence-corrected chi connectivity index (χ1v) is 8.26. The highest BCUT2D eigenvalue weighted by atomic mass is 35.5. The molecule has 0 spiro atoms. The SMILES string of the molecule is O=C(CCNc1ccc2c(c1)OCCO2)Nc1ccc(Cl)c(Cl)c1. The molecule has 24 heavy (non-hydrogen) atoms. The van der Waals surface area contributed by atoms with Crippen LogP contribution in [0.25, 0.3) is 0 Å². The van der Waals surface area contributed by atoms with Crippen molar-refractivity contribution in [1.29, 1.82) is 0 Å². The normalized spacial score (nSPS) is 12.6. The zero-order valence-corrected chi connectivity index (χ0v) is 14.3. The quantitative estimate of drug-likeness (QED) is 0.832. The van der Waals surface area contributed by atoms with E-state index in [0.717, 1.165) is 11.4 Å². The van der Waals surface area contributed by atoms with Crippen LogP contribution in [0, 0.1) is 0 Å². The molecule has 1 amide bonds. The predicted octanol–water partition coefficient (Wildman–Crippen LogP) is 4.21. The van der Waals surface area contributed by atoms with Gasteiger partial charge in [-0.3, -0.25) is 4.79 Å². The van der Waals surface area contributed by atoms with Crippen LogP contribution in [0.15, 0.2) is 36.4 Å². The minimum absolute atomic E-state index is 0.113. The topological polar surface area (TPSA) is 59.6 Å². The van der Waals surface area contributed by atoms with Gasteiger partial charge in [0.25, 0.3) is 0 Å². The lowest BCUT2D eigenvalue weighted by Crippen LogP contribution is -2.17. The second-order valence-electron chi connectivity index (χ2n) is 5.21. The van der Waals surface area contributed by atoms with Gasteiger partial charge in [0.1, 0.15) is 13.2 Å².